The summed E-state index contributed by atoms with van der Waals surface area (Å²) in [6, 6.07) is 10.8. The minimum atomic E-state index is -1.27. The number of ether oxygens (including phenoxy) is 4. The number of rotatable bonds is 16. The van der Waals surface area contributed by atoms with Gasteiger partial charge in [0.1, 0.15) is 6.10 Å². The lowest BCUT2D eigenvalue weighted by Gasteiger charge is -2.16. The second kappa shape index (κ2) is 17.3. The molecule has 0 aliphatic rings. The fourth-order valence-electron chi connectivity index (χ4n) is 3.54. The van der Waals surface area contributed by atoms with Crippen LogP contribution < -0.4 is 10.6 Å². The predicted molar refractivity (Wildman–Crippen MR) is 160 cm³/mol. The molecule has 4 unspecified atom stereocenters. The van der Waals surface area contributed by atoms with Gasteiger partial charge in [-0.3, -0.25) is 24.0 Å². The number of hydrogen-bond donors (Lipinski definition) is 2. The van der Waals surface area contributed by atoms with Crippen LogP contribution in [0.25, 0.3) is 0 Å². The van der Waals surface area contributed by atoms with Gasteiger partial charge in [0.2, 0.25) is 0 Å². The van der Waals surface area contributed by atoms with Crippen LogP contribution in [0.5, 0.6) is 0 Å². The first kappa shape index (κ1) is 36.9. The van der Waals surface area contributed by atoms with Crippen LogP contribution in [0.2, 0.25) is 0 Å². The fraction of sp³-hybridized carbons (Fsp3) is 0.375. The van der Waals surface area contributed by atoms with Crippen LogP contribution in [0.15, 0.2) is 48.5 Å². The van der Waals surface area contributed by atoms with Crippen molar-refractivity contribution in [1.29, 1.82) is 0 Å². The van der Waals surface area contributed by atoms with Crippen molar-refractivity contribution in [2.45, 2.75) is 65.5 Å². The molecule has 0 saturated heterocycles. The monoisotopic (exact) mass is 640 g/mol. The van der Waals surface area contributed by atoms with Gasteiger partial charge in [0.05, 0.1) is 29.8 Å². The summed E-state index contributed by atoms with van der Waals surface area (Å²) in [6.07, 6.45) is -4.89. The lowest BCUT2D eigenvalue weighted by Crippen LogP contribution is -2.45. The van der Waals surface area contributed by atoms with Crippen molar-refractivity contribution in [3.63, 3.8) is 0 Å². The van der Waals surface area contributed by atoms with Gasteiger partial charge in [-0.1, -0.05) is 12.1 Å². The third-order valence-corrected chi connectivity index (χ3v) is 6.61. The zero-order valence-electron chi connectivity index (χ0n) is 26.2. The van der Waals surface area contributed by atoms with E-state index in [2.05, 4.69) is 10.6 Å². The van der Waals surface area contributed by atoms with Crippen LogP contribution in [0.1, 0.15) is 82.5 Å². The average Bonchev–Trinajstić information content (AvgIpc) is 3.03. The van der Waals surface area contributed by atoms with E-state index in [1.54, 1.807) is 0 Å². The van der Waals surface area contributed by atoms with E-state index in [-0.39, 0.29) is 29.1 Å². The van der Waals surface area contributed by atoms with Crippen molar-refractivity contribution in [2.24, 2.45) is 0 Å². The molecule has 246 valence electrons. The maximum absolute atomic E-state index is 12.5. The molecular formula is C32H36N2O12. The Kier molecular flexibility index (Phi) is 13.9. The van der Waals surface area contributed by atoms with Gasteiger partial charge in [-0.05, 0) is 71.0 Å². The highest BCUT2D eigenvalue weighted by Crippen LogP contribution is 2.12. The molecule has 0 saturated carbocycles. The second-order valence-electron chi connectivity index (χ2n) is 10.1. The summed E-state index contributed by atoms with van der Waals surface area (Å²) in [5.41, 5.74) is 0.602. The van der Waals surface area contributed by atoms with Crippen molar-refractivity contribution >= 4 is 47.1 Å². The van der Waals surface area contributed by atoms with Crippen LogP contribution in [0, 0.1) is 0 Å². The molecule has 2 aromatic carbocycles. The minimum Gasteiger partial charge on any atom is -0.451 e. The summed E-state index contributed by atoms with van der Waals surface area (Å²) in [5.74, 6) is -5.16. The second-order valence-corrected chi connectivity index (χ2v) is 10.1. The van der Waals surface area contributed by atoms with E-state index in [9.17, 15) is 38.4 Å². The Morgan fingerprint density at radius 1 is 0.543 bits per heavy atom. The third kappa shape index (κ3) is 11.0. The number of nitrogens with one attached hydrogen (secondary N) is 2. The van der Waals surface area contributed by atoms with Crippen LogP contribution in [0.3, 0.4) is 0 Å². The molecule has 2 N–H and O–H groups in total. The summed E-state index contributed by atoms with van der Waals surface area (Å²) >= 11 is 0. The number of methoxy groups -OCH3 is 1. The number of amides is 2. The quantitative estimate of drug-likeness (QED) is 0.0891. The summed E-state index contributed by atoms with van der Waals surface area (Å²) < 4.78 is 20.2. The fourth-order valence-corrected chi connectivity index (χ4v) is 3.54. The lowest BCUT2D eigenvalue weighted by atomic mass is 10.1. The van der Waals surface area contributed by atoms with Crippen LogP contribution in [-0.2, 0) is 38.1 Å². The van der Waals surface area contributed by atoms with E-state index in [4.69, 9.17) is 18.9 Å². The first-order valence-corrected chi connectivity index (χ1v) is 14.1. The number of carbonyl (C=O) groups excluding carboxylic acids is 8. The van der Waals surface area contributed by atoms with Crippen molar-refractivity contribution in [1.82, 2.24) is 10.6 Å². The van der Waals surface area contributed by atoms with Crippen LogP contribution >= 0.6 is 0 Å². The van der Waals surface area contributed by atoms with E-state index >= 15 is 0 Å². The topological polar surface area (TPSA) is 198 Å². The Morgan fingerprint density at radius 2 is 0.870 bits per heavy atom. The molecule has 0 aliphatic carbocycles. The van der Waals surface area contributed by atoms with Gasteiger partial charge in [-0.15, -0.1) is 0 Å². The summed E-state index contributed by atoms with van der Waals surface area (Å²) in [4.78, 5) is 97.2. The number of ketones is 3. The SMILES string of the molecule is COC(C)C(=O)CC(=O)C(C)OC(=O)c1ccc(C(=O)OC(C)C(=O)NCNC(=O)C(C)OC(=O)c2ccc(C(C)=O)cc2)cc1. The predicted octanol–water partition coefficient (Wildman–Crippen LogP) is 1.98. The number of esters is 3. The van der Waals surface area contributed by atoms with Gasteiger partial charge in [0.15, 0.2) is 35.7 Å². The molecule has 2 rings (SSSR count). The zero-order valence-corrected chi connectivity index (χ0v) is 26.2. The Morgan fingerprint density at radius 3 is 1.22 bits per heavy atom. The molecule has 0 radical (unpaired) electrons. The summed E-state index contributed by atoms with van der Waals surface area (Å²) in [5, 5.41) is 4.73. The molecule has 0 aliphatic heterocycles. The van der Waals surface area contributed by atoms with Crippen molar-refractivity contribution in [3.05, 3.63) is 70.8 Å². The van der Waals surface area contributed by atoms with Gasteiger partial charge >= 0.3 is 17.9 Å². The number of benzene rings is 2. The average molecular weight is 641 g/mol. The smallest absolute Gasteiger partial charge is 0.338 e. The molecule has 46 heavy (non-hydrogen) atoms. The largest absolute Gasteiger partial charge is 0.451 e. The Hall–Kier alpha value is -5.24. The molecule has 0 bridgehead atoms. The molecule has 0 spiro atoms. The van der Waals surface area contributed by atoms with E-state index in [1.807, 2.05) is 0 Å². The van der Waals surface area contributed by atoms with Gasteiger partial charge < -0.3 is 29.6 Å². The molecule has 2 aromatic rings. The normalized spacial score (nSPS) is 13.2. The van der Waals surface area contributed by atoms with E-state index in [0.29, 0.717) is 5.56 Å². The number of hydrogen-bond acceptors (Lipinski definition) is 12. The molecule has 14 heteroatoms. The van der Waals surface area contributed by atoms with Crippen molar-refractivity contribution in [3.8, 4) is 0 Å². The molecule has 2 amide bonds. The number of Topliss-reactive ketones (excluding diaryl/α,β-unsaturated/α-hetero) is 3. The van der Waals surface area contributed by atoms with E-state index in [0.717, 1.165) is 0 Å². The lowest BCUT2D eigenvalue weighted by molar-refractivity contribution is -0.136. The highest BCUT2D eigenvalue weighted by molar-refractivity contribution is 6.04. The summed E-state index contributed by atoms with van der Waals surface area (Å²) in [7, 11) is 1.33. The van der Waals surface area contributed by atoms with Gasteiger partial charge in [0.25, 0.3) is 11.8 Å². The van der Waals surface area contributed by atoms with E-state index in [1.165, 1.54) is 90.3 Å². The molecule has 0 heterocycles. The minimum absolute atomic E-state index is 0.0133. The molecule has 4 atom stereocenters. The Balaban J connectivity index is 1.79. The van der Waals surface area contributed by atoms with E-state index < -0.39 is 72.1 Å². The highest BCUT2D eigenvalue weighted by atomic mass is 16.6. The standard InChI is InChI=1S/C32H36N2O12/c1-17(35)22-7-9-23(10-8-22)31(41)45-20(4)28(38)33-16-34-29(39)21(5)46-32(42)25-13-11-24(12-14-25)30(40)44-19(3)27(37)15-26(36)18(2)43-6/h7-14,18-21H,15-16H2,1-6H3,(H,33,38)(H,34,39). The number of carbonyl (C=O) groups is 8. The molecule has 0 fully saturated rings. The van der Waals surface area contributed by atoms with Crippen molar-refractivity contribution in [2.75, 3.05) is 13.8 Å². The maximum atomic E-state index is 12.5. The van der Waals surface area contributed by atoms with Gasteiger partial charge in [-0.2, -0.15) is 0 Å². The van der Waals surface area contributed by atoms with Crippen LogP contribution in [-0.4, -0.2) is 85.3 Å². The Bertz CT molecular complexity index is 1470. The van der Waals surface area contributed by atoms with Crippen molar-refractivity contribution < 1.29 is 57.3 Å². The highest BCUT2D eigenvalue weighted by Gasteiger charge is 2.25. The zero-order chi connectivity index (χ0) is 34.6. The third-order valence-electron chi connectivity index (χ3n) is 6.61. The maximum Gasteiger partial charge on any atom is 0.338 e. The molecule has 0 aromatic heterocycles. The first-order valence-electron chi connectivity index (χ1n) is 14.1. The Labute approximate surface area is 265 Å². The van der Waals surface area contributed by atoms with Crippen LogP contribution in [0.4, 0.5) is 0 Å². The van der Waals surface area contributed by atoms with Gasteiger partial charge in [-0.25, -0.2) is 14.4 Å². The van der Waals surface area contributed by atoms with Gasteiger partial charge in [0, 0.05) is 12.7 Å². The molecular weight excluding hydrogens is 604 g/mol. The summed E-state index contributed by atoms with van der Waals surface area (Å²) in [6.45, 7) is 6.50. The molecule has 14 nitrogen and oxygen atoms in total. The first-order chi connectivity index (χ1) is 21.6.